The maximum Gasteiger partial charge on any atom is 0.265 e. The highest BCUT2D eigenvalue weighted by atomic mass is 32.7. The molecular weight excluding hydrogens is 931 g/mol. The molecule has 1 aliphatic heterocycles. The van der Waals surface area contributed by atoms with E-state index in [4.69, 9.17) is 0 Å². The molecule has 3 nitrogen and oxygen atoms in total. The third kappa shape index (κ3) is 19.5. The van der Waals surface area contributed by atoms with Gasteiger partial charge in [-0.3, -0.25) is 4.31 Å². The van der Waals surface area contributed by atoms with Gasteiger partial charge in [-0.1, -0.05) is 181 Å². The van der Waals surface area contributed by atoms with E-state index < -0.39 is 10.0 Å². The van der Waals surface area contributed by atoms with Crippen LogP contribution in [0.1, 0.15) is 203 Å². The second-order valence-electron chi connectivity index (χ2n) is 17.9. The van der Waals surface area contributed by atoms with Crippen molar-refractivity contribution in [3.63, 3.8) is 0 Å². The quantitative estimate of drug-likeness (QED) is 0.0361. The second kappa shape index (κ2) is 31.3. The van der Waals surface area contributed by atoms with Crippen LogP contribution in [0.2, 0.25) is 0 Å². The molecule has 4 atom stereocenters. The summed E-state index contributed by atoms with van der Waals surface area (Å²) in [5, 5.41) is 0. The van der Waals surface area contributed by atoms with Crippen molar-refractivity contribution in [3.8, 4) is 29.3 Å². The molecule has 0 aromatic carbocycles. The molecule has 0 aliphatic carbocycles. The fraction of sp³-hybridized carbons (Fsp3) is 0.680. The van der Waals surface area contributed by atoms with E-state index in [1.54, 1.807) is 22.7 Å². The Hall–Kier alpha value is 0.270. The van der Waals surface area contributed by atoms with Gasteiger partial charge in [0.1, 0.15) is 4.90 Å². The van der Waals surface area contributed by atoms with E-state index >= 15 is 0 Å². The van der Waals surface area contributed by atoms with E-state index in [0.717, 1.165) is 33.2 Å². The van der Waals surface area contributed by atoms with Crippen molar-refractivity contribution >= 4 is 94.8 Å². The molecule has 4 aromatic heterocycles. The molecule has 0 radical (unpaired) electrons. The molecule has 0 spiro atoms. The molecule has 0 saturated heterocycles. The summed E-state index contributed by atoms with van der Waals surface area (Å²) in [6.45, 7) is 9.53. The van der Waals surface area contributed by atoms with Gasteiger partial charge < -0.3 is 0 Å². The zero-order chi connectivity index (χ0) is 44.6. The van der Waals surface area contributed by atoms with Crippen molar-refractivity contribution in [2.24, 2.45) is 5.92 Å². The molecule has 0 bridgehead atoms. The van der Waals surface area contributed by atoms with Crippen LogP contribution in [0.15, 0.2) is 41.3 Å². The molecule has 4 aromatic rings. The number of aryl methyl sites for hydroxylation is 2. The largest absolute Gasteiger partial charge is 0.265 e. The summed E-state index contributed by atoms with van der Waals surface area (Å²) >= 11 is 7.09. The van der Waals surface area contributed by atoms with Gasteiger partial charge in [-0.25, -0.2) is 8.42 Å². The molecule has 12 heteroatoms. The van der Waals surface area contributed by atoms with Crippen LogP contribution in [0.5, 0.6) is 0 Å². The summed E-state index contributed by atoms with van der Waals surface area (Å²) in [7, 11) is 4.31. The highest BCUT2D eigenvalue weighted by Crippen LogP contribution is 2.60. The van der Waals surface area contributed by atoms with Gasteiger partial charge in [0.25, 0.3) is 10.0 Å². The van der Waals surface area contributed by atoms with Crippen LogP contribution in [-0.4, -0.2) is 15.0 Å². The van der Waals surface area contributed by atoms with Crippen LogP contribution in [0.3, 0.4) is 0 Å². The number of thiophene rings is 4. The smallest absolute Gasteiger partial charge is 0.264 e. The number of nitrogens with zero attached hydrogens (tertiary/aromatic N) is 1. The Morgan fingerprint density at radius 1 is 0.500 bits per heavy atom. The van der Waals surface area contributed by atoms with E-state index in [-0.39, 0.29) is 6.99 Å². The number of hydrogen-bond acceptors (Lipinski definition) is 6. The standard InChI is InChI=1S/C50H77NO2S5.H6P4/c1-5-7-9-11-13-15-17-19-20-22-24-26-28-30-32-42(31-29-27-25-23-21-18-16-14-12-10-8-6-2)39-51-43-38-47(46-36-35-45(56-46)44-34-33-40(3)54-44)57-49(43)50-48(58(51,52)53)37-41(4)55-50;1-4(2)3/h33-38,42H,5-32,39H2,1-4H3;1-3H2. The van der Waals surface area contributed by atoms with E-state index in [2.05, 4.69) is 84.8 Å². The van der Waals surface area contributed by atoms with Gasteiger partial charge in [-0.2, -0.15) is 0 Å². The average Bonchev–Trinajstić information content (AvgIpc) is 4.06. The maximum absolute atomic E-state index is 14.6. The molecular formula is C50H83NO2P4S5. The SMILES string of the molecule is CCCCCCCCCCCCCCCCC(CCCCCCCCCCCCCC)CN1c2cc(-c3ccc(-c4ccc(C)s4)s3)sc2-c2sc(C)cc2S1(=O)=O.PP(P)P. The average molecular weight is 1010 g/mol. The lowest BCUT2D eigenvalue weighted by Gasteiger charge is -2.32. The Kier molecular flexibility index (Phi) is 27.7. The van der Waals surface area contributed by atoms with Gasteiger partial charge >= 0.3 is 0 Å². The Morgan fingerprint density at radius 3 is 1.34 bits per heavy atom. The first-order chi connectivity index (χ1) is 30.0. The predicted octanol–water partition coefficient (Wildman–Crippen LogP) is 20.5. The highest BCUT2D eigenvalue weighted by Gasteiger charge is 2.39. The van der Waals surface area contributed by atoms with Gasteiger partial charge in [0.05, 0.1) is 15.4 Å². The lowest BCUT2D eigenvalue weighted by atomic mass is 9.93. The monoisotopic (exact) mass is 1010 g/mol. The van der Waals surface area contributed by atoms with E-state index in [9.17, 15) is 8.42 Å². The summed E-state index contributed by atoms with van der Waals surface area (Å²) in [6.07, 6.45) is 37.6. The van der Waals surface area contributed by atoms with Gasteiger partial charge in [-0.05, 0) is 76.0 Å². The molecule has 0 amide bonds. The van der Waals surface area contributed by atoms with Crippen molar-refractivity contribution in [1.29, 1.82) is 0 Å². The van der Waals surface area contributed by atoms with E-state index in [1.165, 1.54) is 191 Å². The summed E-state index contributed by atoms with van der Waals surface area (Å²) in [4.78, 5) is 9.99. The molecule has 350 valence electrons. The van der Waals surface area contributed by atoms with Gasteiger partial charge in [0.15, 0.2) is 0 Å². The van der Waals surface area contributed by atoms with E-state index in [1.807, 2.05) is 33.0 Å². The molecule has 0 saturated carbocycles. The van der Waals surface area contributed by atoms with Crippen molar-refractivity contribution in [2.45, 2.75) is 212 Å². The fourth-order valence-corrected chi connectivity index (χ4v) is 15.4. The van der Waals surface area contributed by atoms with Gasteiger partial charge in [0.2, 0.25) is 0 Å². The fourth-order valence-electron chi connectivity index (χ4n) is 8.77. The molecule has 5 heterocycles. The second-order valence-corrected chi connectivity index (χ2v) is 36.0. The Morgan fingerprint density at radius 2 is 0.903 bits per heavy atom. The summed E-state index contributed by atoms with van der Waals surface area (Å²) in [5.41, 5.74) is 0.914. The molecule has 62 heavy (non-hydrogen) atoms. The number of anilines is 1. The number of hydrogen-bond donors (Lipinski definition) is 0. The summed E-state index contributed by atoms with van der Waals surface area (Å²) in [6, 6.07) is 13.0. The minimum Gasteiger partial charge on any atom is -0.264 e. The lowest BCUT2D eigenvalue weighted by Crippen LogP contribution is -2.37. The lowest BCUT2D eigenvalue weighted by molar-refractivity contribution is 0.408. The van der Waals surface area contributed by atoms with Gasteiger partial charge in [0, 0.05) is 35.8 Å². The third-order valence-electron chi connectivity index (χ3n) is 12.3. The number of rotatable bonds is 32. The van der Waals surface area contributed by atoms with Crippen LogP contribution in [0.4, 0.5) is 5.69 Å². The molecule has 0 N–H and O–H groups in total. The topological polar surface area (TPSA) is 37.4 Å². The van der Waals surface area contributed by atoms with Crippen molar-refractivity contribution in [1.82, 2.24) is 0 Å². The minimum atomic E-state index is -3.63. The van der Waals surface area contributed by atoms with Crippen LogP contribution >= 0.6 is 79.1 Å². The van der Waals surface area contributed by atoms with E-state index in [0.29, 0.717) is 17.4 Å². The van der Waals surface area contributed by atoms with Crippen molar-refractivity contribution in [3.05, 3.63) is 46.2 Å². The Labute approximate surface area is 404 Å². The van der Waals surface area contributed by atoms with Crippen molar-refractivity contribution < 1.29 is 8.42 Å². The Balaban J connectivity index is 0.00000202. The first kappa shape index (κ1) is 54.9. The molecule has 0 fully saturated rings. The van der Waals surface area contributed by atoms with Crippen LogP contribution in [-0.2, 0) is 10.0 Å². The summed E-state index contributed by atoms with van der Waals surface area (Å²) in [5.74, 6) is 0.378. The third-order valence-corrected chi connectivity index (χ3v) is 19.0. The molecule has 4 unspecified atom stereocenters. The predicted molar refractivity (Wildman–Crippen MR) is 298 cm³/mol. The first-order valence-corrected chi connectivity index (χ1v) is 35.4. The van der Waals surface area contributed by atoms with Gasteiger partial charge in [-0.15, -0.1) is 72.1 Å². The van der Waals surface area contributed by atoms with Crippen LogP contribution < -0.4 is 4.31 Å². The zero-order valence-electron chi connectivity index (χ0n) is 39.0. The summed E-state index contributed by atoms with van der Waals surface area (Å²) < 4.78 is 31.0. The number of fused-ring (bicyclic) bond motifs is 3. The number of unbranched alkanes of at least 4 members (excludes halogenated alkanes) is 24. The maximum atomic E-state index is 14.6. The minimum absolute atomic E-state index is 0.130. The Bertz CT molecular complexity index is 1890. The molecule has 1 aliphatic rings. The van der Waals surface area contributed by atoms with Crippen LogP contribution in [0.25, 0.3) is 29.3 Å². The molecule has 5 rings (SSSR count). The van der Waals surface area contributed by atoms with Crippen molar-refractivity contribution in [2.75, 3.05) is 10.8 Å². The number of sulfonamides is 1. The zero-order valence-corrected chi connectivity index (χ0v) is 47.5. The normalized spacial score (nSPS) is 13.6. The highest BCUT2D eigenvalue weighted by molar-refractivity contribution is 8.65. The first-order valence-electron chi connectivity index (χ1n) is 24.5. The van der Waals surface area contributed by atoms with Crippen LogP contribution in [0, 0.1) is 19.8 Å².